The van der Waals surface area contributed by atoms with Gasteiger partial charge in [0.25, 0.3) is 11.8 Å². The van der Waals surface area contributed by atoms with Crippen molar-refractivity contribution in [2.24, 2.45) is 17.8 Å². The molecule has 6 N–H and O–H groups in total. The lowest BCUT2D eigenvalue weighted by Gasteiger charge is -2.31. The van der Waals surface area contributed by atoms with Gasteiger partial charge in [-0.05, 0) is 102 Å². The van der Waals surface area contributed by atoms with E-state index in [4.69, 9.17) is 23.7 Å². The van der Waals surface area contributed by atoms with Crippen molar-refractivity contribution in [2.75, 3.05) is 27.3 Å². The third kappa shape index (κ3) is 14.9. The molecular formula is C58H75Cl2N9O15S2. The fourth-order valence-corrected chi connectivity index (χ4v) is 13.3. The van der Waals surface area contributed by atoms with Gasteiger partial charge in [-0.15, -0.1) is 38.0 Å². The number of benzene rings is 2. The molecule has 4 heterocycles. The van der Waals surface area contributed by atoms with E-state index in [1.165, 1.54) is 11.0 Å². The van der Waals surface area contributed by atoms with Crippen LogP contribution in [0.3, 0.4) is 0 Å². The zero-order valence-corrected chi connectivity index (χ0v) is 52.1. The van der Waals surface area contributed by atoms with Crippen LogP contribution in [0.2, 0.25) is 0 Å². The van der Waals surface area contributed by atoms with Crippen LogP contribution in [-0.4, -0.2) is 152 Å². The lowest BCUT2D eigenvalue weighted by molar-refractivity contribution is -0.141. The van der Waals surface area contributed by atoms with Crippen LogP contribution in [0.4, 0.5) is 4.79 Å². The maximum Gasteiger partial charge on any atom is 0.408 e. The van der Waals surface area contributed by atoms with E-state index < -0.39 is 107 Å². The number of nitrogens with one attached hydrogen (secondary N) is 6. The Balaban J connectivity index is 0.000000253. The first-order valence-corrected chi connectivity index (χ1v) is 31.1. The number of nitrogens with zero attached hydrogens (tertiary/aromatic N) is 3. The van der Waals surface area contributed by atoms with Crippen molar-refractivity contribution in [1.82, 2.24) is 45.6 Å². The Bertz CT molecular complexity index is 3510. The Morgan fingerprint density at radius 1 is 0.709 bits per heavy atom. The number of amides is 6. The summed E-state index contributed by atoms with van der Waals surface area (Å²) in [6.07, 6.45) is 7.48. The largest absolute Gasteiger partial charge is 0.497 e. The zero-order valence-electron chi connectivity index (χ0n) is 48.8. The monoisotopic (exact) mass is 1270 g/mol. The maximum atomic E-state index is 14.2. The van der Waals surface area contributed by atoms with Crippen molar-refractivity contribution < 1.29 is 69.3 Å². The van der Waals surface area contributed by atoms with Crippen LogP contribution in [0.25, 0.3) is 21.8 Å². The summed E-state index contributed by atoms with van der Waals surface area (Å²) >= 11 is 0. The summed E-state index contributed by atoms with van der Waals surface area (Å²) in [5.74, 6) is -1.89. The number of rotatable bonds is 21. The molecule has 86 heavy (non-hydrogen) atoms. The Labute approximate surface area is 512 Å². The molecule has 6 fully saturated rings. The smallest absolute Gasteiger partial charge is 0.408 e. The molecule has 0 unspecified atom stereocenters. The summed E-state index contributed by atoms with van der Waals surface area (Å²) in [5.41, 5.74) is -2.28. The SMILES string of the molecule is C=C[C@@H]1C[C@]1(NC(=O)[C@@H]1C[C@@H](Oc2ccnc3cc(OC)ccc23)CN1)C(=O)NS(=O)(=O)C1CC1.C=C[C@@H]1C[C@]1(NC(=O)[C@@H]1C[C@@H](Oc2ccnc3cc(OC)ccc23)CN1C(=O)[C@@H](NC(=O)OC(C)(C)C)C(C)C)C(=O)NS(=O)(=O)C1CC1.Cl.Cl. The molecule has 24 nitrogen and oxygen atoms in total. The second kappa shape index (κ2) is 26.1. The molecule has 2 saturated heterocycles. The molecule has 2 aromatic heterocycles. The van der Waals surface area contributed by atoms with E-state index in [1.807, 2.05) is 18.2 Å². The number of ether oxygens (including phenoxy) is 5. The Kier molecular flexibility index (Phi) is 20.2. The molecule has 28 heteroatoms. The average molecular weight is 1270 g/mol. The number of pyridine rings is 2. The number of carbonyl (C=O) groups is 6. The molecule has 10 rings (SSSR count). The van der Waals surface area contributed by atoms with Gasteiger partial charge in [-0.25, -0.2) is 21.6 Å². The summed E-state index contributed by atoms with van der Waals surface area (Å²) in [4.78, 5) is 90.5. The van der Waals surface area contributed by atoms with Crippen LogP contribution in [0.1, 0.15) is 86.0 Å². The number of hydrogen-bond donors (Lipinski definition) is 6. The summed E-state index contributed by atoms with van der Waals surface area (Å²) < 4.78 is 82.6. The van der Waals surface area contributed by atoms with E-state index in [-0.39, 0.29) is 68.0 Å². The quantitative estimate of drug-likeness (QED) is 0.0617. The fourth-order valence-electron chi connectivity index (χ4n) is 10.6. The molecule has 0 bridgehead atoms. The average Bonchev–Trinajstić information content (AvgIpc) is 1.68. The molecule has 2 aliphatic heterocycles. The van der Waals surface area contributed by atoms with Gasteiger partial charge in [0.15, 0.2) is 0 Å². The first-order valence-electron chi connectivity index (χ1n) is 28.0. The van der Waals surface area contributed by atoms with E-state index in [9.17, 15) is 45.6 Å². The van der Waals surface area contributed by atoms with Gasteiger partial charge >= 0.3 is 6.09 Å². The molecule has 4 saturated carbocycles. The fraction of sp³-hybridized carbons (Fsp3) is 0.517. The highest BCUT2D eigenvalue weighted by molar-refractivity contribution is 7.91. The second-order valence-electron chi connectivity index (χ2n) is 23.5. The van der Waals surface area contributed by atoms with Crippen molar-refractivity contribution in [3.63, 3.8) is 0 Å². The van der Waals surface area contributed by atoms with Crippen molar-refractivity contribution >= 4 is 102 Å². The van der Waals surface area contributed by atoms with Gasteiger partial charge in [0, 0.05) is 66.5 Å². The Morgan fingerprint density at radius 2 is 1.19 bits per heavy atom. The van der Waals surface area contributed by atoms with Crippen LogP contribution in [0.15, 0.2) is 86.2 Å². The standard InChI is InChI=1S/C34H45N5O9S.C24H28N4O6S.2ClH/c1-8-20-17-34(20,31(42)38-49(44,45)23-10-11-23)37-29(40)26-16-22(47-27-13-14-35-25-15-21(46-7)9-12-24(25)27)18-39(26)30(41)28(19(2)3)36-32(43)48-33(4,5)6;1-3-14-12-24(14,23(30)28-35(31,32)17-5-6-17)27-22(29)20-11-16(13-26-20)34-21-8-9-25-19-10-15(33-2)4-7-18(19)21;;/h8-9,12-15,19-20,22-23,26,28H,1,10-11,16-18H2,2-7H3,(H,36,43)(H,37,40)(H,38,42);3-4,7-10,14,16-17,20,26H,1,5-6,11-13H2,2H3,(H,27,29)(H,28,30);2*1H/t20-,22-,26+,28+,34-;14-,16-,20+,24-;;/m11../s1. The number of carbonyl (C=O) groups excluding carboxylic acids is 6. The van der Waals surface area contributed by atoms with Crippen molar-refractivity contribution in [2.45, 2.75) is 143 Å². The number of hydrogen-bond acceptors (Lipinski definition) is 18. The van der Waals surface area contributed by atoms with Crippen molar-refractivity contribution in [3.05, 3.63) is 86.2 Å². The van der Waals surface area contributed by atoms with Gasteiger partial charge in [0.1, 0.15) is 64.0 Å². The number of fused-ring (bicyclic) bond motifs is 2. The first kappa shape index (κ1) is 66.5. The van der Waals surface area contributed by atoms with E-state index in [0.717, 1.165) is 10.9 Å². The molecule has 0 spiro atoms. The molecule has 6 amide bonds. The van der Waals surface area contributed by atoms with Gasteiger partial charge in [-0.1, -0.05) is 26.0 Å². The maximum absolute atomic E-state index is 14.2. The van der Waals surface area contributed by atoms with Crippen LogP contribution >= 0.6 is 24.8 Å². The highest BCUT2D eigenvalue weighted by Gasteiger charge is 2.63. The van der Waals surface area contributed by atoms with E-state index in [1.54, 1.807) is 97.6 Å². The molecule has 2 aromatic carbocycles. The Morgan fingerprint density at radius 3 is 1.62 bits per heavy atom. The minimum Gasteiger partial charge on any atom is -0.497 e. The van der Waals surface area contributed by atoms with Gasteiger partial charge in [-0.3, -0.25) is 43.4 Å². The van der Waals surface area contributed by atoms with Crippen LogP contribution in [0.5, 0.6) is 23.0 Å². The summed E-state index contributed by atoms with van der Waals surface area (Å²) in [6.45, 7) is 16.5. The Hall–Kier alpha value is -7.00. The summed E-state index contributed by atoms with van der Waals surface area (Å²) in [7, 11) is -4.46. The molecule has 6 aliphatic rings. The predicted molar refractivity (Wildman–Crippen MR) is 323 cm³/mol. The van der Waals surface area contributed by atoms with Crippen LogP contribution in [0, 0.1) is 17.8 Å². The van der Waals surface area contributed by atoms with Crippen molar-refractivity contribution in [3.8, 4) is 23.0 Å². The number of halogens is 2. The second-order valence-corrected chi connectivity index (χ2v) is 27.5. The molecule has 9 atom stereocenters. The minimum absolute atomic E-state index is 0. The van der Waals surface area contributed by atoms with E-state index >= 15 is 0 Å². The lowest BCUT2D eigenvalue weighted by Crippen LogP contribution is -2.59. The topological polar surface area (TPSA) is 318 Å². The van der Waals surface area contributed by atoms with Gasteiger partial charge in [0.2, 0.25) is 37.8 Å². The number of aromatic nitrogens is 2. The van der Waals surface area contributed by atoms with Crippen molar-refractivity contribution in [1.29, 1.82) is 0 Å². The normalized spacial score (nSPS) is 25.0. The third-order valence-electron chi connectivity index (χ3n) is 15.8. The molecule has 468 valence electrons. The summed E-state index contributed by atoms with van der Waals surface area (Å²) in [6, 6.07) is 11.6. The first-order chi connectivity index (χ1) is 39.7. The highest BCUT2D eigenvalue weighted by atomic mass is 35.5. The summed E-state index contributed by atoms with van der Waals surface area (Å²) in [5, 5.41) is 11.7. The predicted octanol–water partition coefficient (Wildman–Crippen LogP) is 4.68. The number of methoxy groups -OCH3 is 2. The molecular weight excluding hydrogens is 1200 g/mol. The number of sulfonamides is 2. The van der Waals surface area contributed by atoms with Crippen LogP contribution in [-0.2, 0) is 48.8 Å². The van der Waals surface area contributed by atoms with E-state index in [0.29, 0.717) is 79.0 Å². The minimum atomic E-state index is -3.89. The van der Waals surface area contributed by atoms with Gasteiger partial charge in [-0.2, -0.15) is 0 Å². The molecule has 0 radical (unpaired) electrons. The third-order valence-corrected chi connectivity index (χ3v) is 19.4. The van der Waals surface area contributed by atoms with Crippen LogP contribution < -0.4 is 49.7 Å². The van der Waals surface area contributed by atoms with Gasteiger partial charge in [0.05, 0.1) is 48.3 Å². The molecule has 4 aromatic rings. The van der Waals surface area contributed by atoms with E-state index in [2.05, 4.69) is 53.8 Å². The lowest BCUT2D eigenvalue weighted by atomic mass is 10.0. The number of alkyl carbamates (subject to hydrolysis) is 1. The zero-order chi connectivity index (χ0) is 60.7. The molecule has 4 aliphatic carbocycles. The number of likely N-dealkylation sites (tertiary alicyclic amines) is 1. The highest BCUT2D eigenvalue weighted by Crippen LogP contribution is 2.47. The van der Waals surface area contributed by atoms with Gasteiger partial charge < -0.3 is 49.9 Å².